The van der Waals surface area contributed by atoms with Gasteiger partial charge in [0.05, 0.1) is 10.9 Å². The second kappa shape index (κ2) is 9.25. The molecule has 0 aromatic heterocycles. The van der Waals surface area contributed by atoms with Crippen LogP contribution in [0.3, 0.4) is 0 Å². The van der Waals surface area contributed by atoms with Gasteiger partial charge in [-0.3, -0.25) is 4.79 Å². The summed E-state index contributed by atoms with van der Waals surface area (Å²) in [4.78, 5) is 12.3. The molecule has 2 N–H and O–H groups in total. The van der Waals surface area contributed by atoms with Crippen molar-refractivity contribution in [1.29, 1.82) is 0 Å². The molecule has 2 aromatic carbocycles. The first-order chi connectivity index (χ1) is 11.5. The molecular formula is C19H22BrNO2S. The summed E-state index contributed by atoms with van der Waals surface area (Å²) in [6.45, 7) is 2.32. The van der Waals surface area contributed by atoms with Crippen LogP contribution in [0, 0.1) is 0 Å². The molecule has 0 aliphatic carbocycles. The molecule has 0 fully saturated rings. The van der Waals surface area contributed by atoms with Crippen molar-refractivity contribution >= 4 is 32.9 Å². The Balaban J connectivity index is 1.95. The summed E-state index contributed by atoms with van der Waals surface area (Å²) in [5.74, 6) is 0. The van der Waals surface area contributed by atoms with E-state index in [2.05, 4.69) is 21.2 Å². The molecule has 2 unspecified atom stereocenters. The van der Waals surface area contributed by atoms with Gasteiger partial charge in [-0.2, -0.15) is 0 Å². The van der Waals surface area contributed by atoms with E-state index < -0.39 is 5.60 Å². The van der Waals surface area contributed by atoms with Gasteiger partial charge in [-0.15, -0.1) is 0 Å². The van der Waals surface area contributed by atoms with Crippen LogP contribution in [-0.2, 0) is 6.42 Å². The standard InChI is InChI=1S/C19H22BrNO2S/c1-19(23,14-20)17(16-10-6-3-7-11-16)24-18(22)21-13-12-15-8-4-2-5-9-15/h2-11,17,23H,12-14H2,1H3,(H,21,22). The summed E-state index contributed by atoms with van der Waals surface area (Å²) in [5, 5.41) is 13.5. The van der Waals surface area contributed by atoms with E-state index in [1.54, 1.807) is 6.92 Å². The van der Waals surface area contributed by atoms with Gasteiger partial charge in [-0.1, -0.05) is 88.4 Å². The quantitative estimate of drug-likeness (QED) is 0.661. The highest BCUT2D eigenvalue weighted by molar-refractivity contribution is 9.09. The predicted octanol–water partition coefficient (Wildman–Crippen LogP) is 4.56. The molecular weight excluding hydrogens is 386 g/mol. The van der Waals surface area contributed by atoms with Gasteiger partial charge < -0.3 is 10.4 Å². The van der Waals surface area contributed by atoms with E-state index in [-0.39, 0.29) is 10.5 Å². The number of aliphatic hydroxyl groups is 1. The fraction of sp³-hybridized carbons (Fsp3) is 0.316. The number of carbonyl (C=O) groups excluding carboxylic acids is 1. The van der Waals surface area contributed by atoms with Crippen molar-refractivity contribution in [2.45, 2.75) is 24.2 Å². The molecule has 2 aromatic rings. The SMILES string of the molecule is CC(O)(CBr)C(SC(=O)NCCc1ccccc1)c1ccccc1. The Morgan fingerprint density at radius 1 is 1.17 bits per heavy atom. The molecule has 0 aliphatic rings. The summed E-state index contributed by atoms with van der Waals surface area (Å²) >= 11 is 4.48. The first-order valence-corrected chi connectivity index (χ1v) is 9.85. The van der Waals surface area contributed by atoms with E-state index >= 15 is 0 Å². The van der Waals surface area contributed by atoms with Gasteiger partial charge in [0.1, 0.15) is 0 Å². The molecule has 0 spiro atoms. The van der Waals surface area contributed by atoms with Gasteiger partial charge in [-0.25, -0.2) is 0 Å². The maximum atomic E-state index is 12.3. The summed E-state index contributed by atoms with van der Waals surface area (Å²) in [5.41, 5.74) is 1.10. The minimum absolute atomic E-state index is 0.124. The first-order valence-electron chi connectivity index (χ1n) is 7.84. The van der Waals surface area contributed by atoms with Crippen molar-refractivity contribution in [2.75, 3.05) is 11.9 Å². The van der Waals surface area contributed by atoms with E-state index in [0.717, 1.165) is 23.7 Å². The molecule has 1 amide bonds. The van der Waals surface area contributed by atoms with Crippen LogP contribution in [0.15, 0.2) is 60.7 Å². The highest BCUT2D eigenvalue weighted by Crippen LogP contribution is 2.39. The molecule has 0 radical (unpaired) electrons. The Hall–Kier alpha value is -1.30. The van der Waals surface area contributed by atoms with Crippen LogP contribution in [0.25, 0.3) is 0 Å². The average Bonchev–Trinajstić information content (AvgIpc) is 2.61. The highest BCUT2D eigenvalue weighted by atomic mass is 79.9. The normalized spacial score (nSPS) is 14.6. The molecule has 24 heavy (non-hydrogen) atoms. The lowest BCUT2D eigenvalue weighted by atomic mass is 9.98. The van der Waals surface area contributed by atoms with Crippen molar-refractivity contribution in [1.82, 2.24) is 5.32 Å². The Kier molecular flexibility index (Phi) is 7.34. The largest absolute Gasteiger partial charge is 0.388 e. The number of thioether (sulfide) groups is 1. The molecule has 3 nitrogen and oxygen atoms in total. The third-order valence-corrected chi connectivity index (χ3v) is 6.20. The van der Waals surface area contributed by atoms with Gasteiger partial charge in [0.2, 0.25) is 0 Å². The molecule has 0 aliphatic heterocycles. The molecule has 5 heteroatoms. The number of amides is 1. The summed E-state index contributed by atoms with van der Waals surface area (Å²) in [6, 6.07) is 19.7. The van der Waals surface area contributed by atoms with Gasteiger partial charge >= 0.3 is 0 Å². The van der Waals surface area contributed by atoms with Crippen LogP contribution >= 0.6 is 27.7 Å². The van der Waals surface area contributed by atoms with Crippen molar-refractivity contribution in [2.24, 2.45) is 0 Å². The average molecular weight is 408 g/mol. The van der Waals surface area contributed by atoms with Gasteiger partial charge in [0, 0.05) is 11.9 Å². The maximum Gasteiger partial charge on any atom is 0.279 e. The number of hydrogen-bond acceptors (Lipinski definition) is 3. The fourth-order valence-corrected chi connectivity index (χ4v) is 3.92. The smallest absolute Gasteiger partial charge is 0.279 e. The molecule has 2 rings (SSSR count). The summed E-state index contributed by atoms with van der Waals surface area (Å²) in [7, 11) is 0. The zero-order valence-corrected chi connectivity index (χ0v) is 16.0. The van der Waals surface area contributed by atoms with Crippen molar-refractivity contribution in [3.8, 4) is 0 Å². The van der Waals surface area contributed by atoms with Crippen LogP contribution in [0.4, 0.5) is 4.79 Å². The number of carbonyl (C=O) groups is 1. The lowest BCUT2D eigenvalue weighted by molar-refractivity contribution is 0.0841. The second-order valence-electron chi connectivity index (χ2n) is 5.85. The van der Waals surface area contributed by atoms with Crippen molar-refractivity contribution in [3.63, 3.8) is 0 Å². The Bertz CT molecular complexity index is 634. The van der Waals surface area contributed by atoms with E-state index in [1.165, 1.54) is 5.56 Å². The van der Waals surface area contributed by atoms with Crippen LogP contribution < -0.4 is 5.32 Å². The van der Waals surface area contributed by atoms with Crippen LogP contribution in [0.1, 0.15) is 23.3 Å². The van der Waals surface area contributed by atoms with Gasteiger partial charge in [0.15, 0.2) is 0 Å². The zero-order chi connectivity index (χ0) is 17.4. The number of alkyl halides is 1. The van der Waals surface area contributed by atoms with Crippen molar-refractivity contribution < 1.29 is 9.90 Å². The minimum atomic E-state index is -1.03. The van der Waals surface area contributed by atoms with E-state index in [0.29, 0.717) is 11.9 Å². The molecule has 0 saturated carbocycles. The maximum absolute atomic E-state index is 12.3. The Morgan fingerprint density at radius 3 is 2.33 bits per heavy atom. The monoisotopic (exact) mass is 407 g/mol. The van der Waals surface area contributed by atoms with Crippen LogP contribution in [0.2, 0.25) is 0 Å². The van der Waals surface area contributed by atoms with Crippen LogP contribution in [0.5, 0.6) is 0 Å². The number of nitrogens with one attached hydrogen (secondary N) is 1. The summed E-state index contributed by atoms with van der Waals surface area (Å²) < 4.78 is 0. The molecule has 128 valence electrons. The Morgan fingerprint density at radius 2 is 1.75 bits per heavy atom. The molecule has 0 bridgehead atoms. The molecule has 0 saturated heterocycles. The topological polar surface area (TPSA) is 49.3 Å². The Labute approximate surface area is 156 Å². The number of benzene rings is 2. The minimum Gasteiger partial charge on any atom is -0.388 e. The third-order valence-electron chi connectivity index (χ3n) is 3.69. The lowest BCUT2D eigenvalue weighted by Gasteiger charge is -2.30. The predicted molar refractivity (Wildman–Crippen MR) is 105 cm³/mol. The molecule has 0 heterocycles. The van der Waals surface area contributed by atoms with E-state index in [9.17, 15) is 9.90 Å². The van der Waals surface area contributed by atoms with Crippen LogP contribution in [-0.4, -0.2) is 27.8 Å². The number of rotatable bonds is 7. The lowest BCUT2D eigenvalue weighted by Crippen LogP contribution is -2.35. The summed E-state index contributed by atoms with van der Waals surface area (Å²) in [6.07, 6.45) is 0.790. The third kappa shape index (κ3) is 5.65. The van der Waals surface area contributed by atoms with Crippen molar-refractivity contribution in [3.05, 3.63) is 71.8 Å². The van der Waals surface area contributed by atoms with Gasteiger partial charge in [-0.05, 0) is 24.5 Å². The van der Waals surface area contributed by atoms with Gasteiger partial charge in [0.25, 0.3) is 5.24 Å². The highest BCUT2D eigenvalue weighted by Gasteiger charge is 2.34. The molecule has 2 atom stereocenters. The number of hydrogen-bond donors (Lipinski definition) is 2. The van der Waals surface area contributed by atoms with E-state index in [1.807, 2.05) is 60.7 Å². The number of halogens is 1. The first kappa shape index (κ1) is 19.0. The van der Waals surface area contributed by atoms with E-state index in [4.69, 9.17) is 0 Å². The fourth-order valence-electron chi connectivity index (χ4n) is 2.35. The second-order valence-corrected chi connectivity index (χ2v) is 7.49. The zero-order valence-electron chi connectivity index (χ0n) is 13.6.